The number of rotatable bonds is 7. The summed E-state index contributed by atoms with van der Waals surface area (Å²) >= 11 is 0. The fourth-order valence-electron chi connectivity index (χ4n) is 2.58. The molecule has 0 spiro atoms. The van der Waals surface area contributed by atoms with Crippen molar-refractivity contribution < 1.29 is 32.2 Å². The highest BCUT2D eigenvalue weighted by atomic mass is 19.4. The summed E-state index contributed by atoms with van der Waals surface area (Å²) in [5.74, 6) is -1.49. The maximum absolute atomic E-state index is 12.7. The first-order chi connectivity index (χ1) is 13.6. The van der Waals surface area contributed by atoms with E-state index >= 15 is 0 Å². The Hall–Kier alpha value is -3.23. The van der Waals surface area contributed by atoms with Gasteiger partial charge in [0.1, 0.15) is 17.5 Å². The lowest BCUT2D eigenvalue weighted by molar-refractivity contribution is -0.274. The molecule has 0 aliphatic heterocycles. The fourth-order valence-corrected chi connectivity index (χ4v) is 2.58. The number of carbonyl (C=O) groups is 2. The van der Waals surface area contributed by atoms with E-state index in [2.05, 4.69) is 15.4 Å². The summed E-state index contributed by atoms with van der Waals surface area (Å²) in [6.07, 6.45) is -4.84. The molecular weight excluding hydrogens is 389 g/mol. The molecular formula is C20H21F3N2O4. The molecule has 0 bridgehead atoms. The fraction of sp³-hybridized carbons (Fsp3) is 0.300. The summed E-state index contributed by atoms with van der Waals surface area (Å²) in [7, 11) is 1.43. The number of ether oxygens (including phenoxy) is 2. The van der Waals surface area contributed by atoms with Gasteiger partial charge in [-0.3, -0.25) is 9.59 Å². The Labute approximate surface area is 166 Å². The van der Waals surface area contributed by atoms with Crippen molar-refractivity contribution in [2.24, 2.45) is 5.92 Å². The van der Waals surface area contributed by atoms with E-state index in [4.69, 9.17) is 4.74 Å². The number of benzene rings is 2. The van der Waals surface area contributed by atoms with Crippen LogP contribution in [0.15, 0.2) is 48.5 Å². The minimum absolute atomic E-state index is 0.106. The second kappa shape index (κ2) is 9.31. The monoisotopic (exact) mass is 410 g/mol. The molecule has 156 valence electrons. The Morgan fingerprint density at radius 3 is 2.34 bits per heavy atom. The molecule has 2 N–H and O–H groups in total. The normalized spacial score (nSPS) is 12.2. The van der Waals surface area contributed by atoms with Crippen LogP contribution in [0, 0.1) is 5.92 Å². The maximum atomic E-state index is 12.7. The molecule has 2 aromatic carbocycles. The Morgan fingerprint density at radius 1 is 1.03 bits per heavy atom. The van der Waals surface area contributed by atoms with Gasteiger partial charge in [0.15, 0.2) is 0 Å². The standard InChI is InChI=1S/C20H21F3N2O4/c1-12(2)17(25-18(26)15-9-4-5-10-16(15)28-3)19(27)24-13-7-6-8-14(11-13)29-20(21,22)23/h4-12,17H,1-3H3,(H,24,27)(H,25,26). The van der Waals surface area contributed by atoms with E-state index < -0.39 is 30.0 Å². The smallest absolute Gasteiger partial charge is 0.496 e. The zero-order valence-corrected chi connectivity index (χ0v) is 16.0. The van der Waals surface area contributed by atoms with Gasteiger partial charge in [0, 0.05) is 11.8 Å². The third-order valence-electron chi connectivity index (χ3n) is 3.92. The van der Waals surface area contributed by atoms with Crippen molar-refractivity contribution in [3.63, 3.8) is 0 Å². The number of alkyl halides is 3. The summed E-state index contributed by atoms with van der Waals surface area (Å²) in [5.41, 5.74) is 0.364. The molecule has 6 nitrogen and oxygen atoms in total. The van der Waals surface area contributed by atoms with Crippen LogP contribution in [0.3, 0.4) is 0 Å². The van der Waals surface area contributed by atoms with Crippen LogP contribution in [-0.2, 0) is 4.79 Å². The Balaban J connectivity index is 2.14. The number of hydrogen-bond donors (Lipinski definition) is 2. The van der Waals surface area contributed by atoms with Crippen LogP contribution in [0.2, 0.25) is 0 Å². The summed E-state index contributed by atoms with van der Waals surface area (Å²) in [4.78, 5) is 25.2. The molecule has 0 saturated carbocycles. The highest BCUT2D eigenvalue weighted by Crippen LogP contribution is 2.25. The Bertz CT molecular complexity index is 869. The average Bonchev–Trinajstić information content (AvgIpc) is 2.64. The summed E-state index contributed by atoms with van der Waals surface area (Å²) < 4.78 is 46.1. The van der Waals surface area contributed by atoms with E-state index in [1.165, 1.54) is 19.2 Å². The van der Waals surface area contributed by atoms with Crippen LogP contribution in [0.5, 0.6) is 11.5 Å². The van der Waals surface area contributed by atoms with E-state index in [-0.39, 0.29) is 17.2 Å². The molecule has 0 aliphatic rings. The quantitative estimate of drug-likeness (QED) is 0.724. The molecule has 0 fully saturated rings. The van der Waals surface area contributed by atoms with E-state index in [1.807, 2.05) is 0 Å². The van der Waals surface area contributed by atoms with Gasteiger partial charge < -0.3 is 20.1 Å². The van der Waals surface area contributed by atoms with Crippen LogP contribution in [0.4, 0.5) is 18.9 Å². The third kappa shape index (κ3) is 6.41. The topological polar surface area (TPSA) is 76.7 Å². The first-order valence-corrected chi connectivity index (χ1v) is 8.71. The molecule has 1 atom stereocenters. The first-order valence-electron chi connectivity index (χ1n) is 8.71. The maximum Gasteiger partial charge on any atom is 0.573 e. The van der Waals surface area contributed by atoms with E-state index in [0.717, 1.165) is 12.1 Å². The molecule has 0 aromatic heterocycles. The number of anilines is 1. The minimum Gasteiger partial charge on any atom is -0.496 e. The molecule has 0 saturated heterocycles. The Kier molecular flexibility index (Phi) is 7.08. The van der Waals surface area contributed by atoms with Gasteiger partial charge >= 0.3 is 6.36 Å². The second-order valence-electron chi connectivity index (χ2n) is 6.46. The number of methoxy groups -OCH3 is 1. The molecule has 2 amide bonds. The lowest BCUT2D eigenvalue weighted by atomic mass is 10.0. The van der Waals surface area contributed by atoms with Crippen molar-refractivity contribution in [2.45, 2.75) is 26.3 Å². The van der Waals surface area contributed by atoms with Crippen molar-refractivity contribution in [2.75, 3.05) is 12.4 Å². The summed E-state index contributed by atoms with van der Waals surface area (Å²) in [6.45, 7) is 3.46. The number of nitrogens with one attached hydrogen (secondary N) is 2. The van der Waals surface area contributed by atoms with Crippen LogP contribution in [-0.4, -0.2) is 31.3 Å². The van der Waals surface area contributed by atoms with Gasteiger partial charge in [-0.15, -0.1) is 13.2 Å². The number of para-hydroxylation sites is 1. The number of carbonyl (C=O) groups excluding carboxylic acids is 2. The zero-order chi connectivity index (χ0) is 21.6. The van der Waals surface area contributed by atoms with Crippen molar-refractivity contribution in [1.82, 2.24) is 5.32 Å². The van der Waals surface area contributed by atoms with Crippen LogP contribution in [0.25, 0.3) is 0 Å². The van der Waals surface area contributed by atoms with E-state index in [0.29, 0.717) is 5.75 Å². The molecule has 0 heterocycles. The molecule has 29 heavy (non-hydrogen) atoms. The van der Waals surface area contributed by atoms with Crippen LogP contribution < -0.4 is 20.1 Å². The lowest BCUT2D eigenvalue weighted by Gasteiger charge is -2.22. The average molecular weight is 410 g/mol. The molecule has 9 heteroatoms. The van der Waals surface area contributed by atoms with Gasteiger partial charge in [-0.1, -0.05) is 32.0 Å². The Morgan fingerprint density at radius 2 is 1.72 bits per heavy atom. The van der Waals surface area contributed by atoms with E-state index in [9.17, 15) is 22.8 Å². The van der Waals surface area contributed by atoms with Gasteiger partial charge in [0.2, 0.25) is 5.91 Å². The SMILES string of the molecule is COc1ccccc1C(=O)NC(C(=O)Nc1cccc(OC(F)(F)F)c1)C(C)C. The third-order valence-corrected chi connectivity index (χ3v) is 3.92. The summed E-state index contributed by atoms with van der Waals surface area (Å²) in [6, 6.07) is 10.5. The molecule has 0 aliphatic carbocycles. The molecule has 2 aromatic rings. The van der Waals surface area contributed by atoms with Crippen LogP contribution >= 0.6 is 0 Å². The van der Waals surface area contributed by atoms with Gasteiger partial charge in [-0.05, 0) is 30.2 Å². The number of amides is 2. The van der Waals surface area contributed by atoms with Gasteiger partial charge in [0.25, 0.3) is 5.91 Å². The minimum atomic E-state index is -4.84. The van der Waals surface area contributed by atoms with Crippen molar-refractivity contribution >= 4 is 17.5 Å². The van der Waals surface area contributed by atoms with Gasteiger partial charge in [0.05, 0.1) is 12.7 Å². The van der Waals surface area contributed by atoms with Crippen molar-refractivity contribution in [3.8, 4) is 11.5 Å². The van der Waals surface area contributed by atoms with Crippen molar-refractivity contribution in [3.05, 3.63) is 54.1 Å². The number of hydrogen-bond acceptors (Lipinski definition) is 4. The molecule has 2 rings (SSSR count). The van der Waals surface area contributed by atoms with E-state index in [1.54, 1.807) is 38.1 Å². The van der Waals surface area contributed by atoms with Gasteiger partial charge in [-0.2, -0.15) is 0 Å². The predicted octanol–water partition coefficient (Wildman–Crippen LogP) is 3.99. The molecule has 1 unspecified atom stereocenters. The largest absolute Gasteiger partial charge is 0.573 e. The predicted molar refractivity (Wildman–Crippen MR) is 101 cm³/mol. The summed E-state index contributed by atoms with van der Waals surface area (Å²) in [5, 5.41) is 5.14. The number of halogens is 3. The first kappa shape index (κ1) is 22.1. The highest BCUT2D eigenvalue weighted by molar-refractivity contribution is 6.02. The zero-order valence-electron chi connectivity index (χ0n) is 16.0. The van der Waals surface area contributed by atoms with Crippen LogP contribution in [0.1, 0.15) is 24.2 Å². The second-order valence-corrected chi connectivity index (χ2v) is 6.46. The van der Waals surface area contributed by atoms with Gasteiger partial charge in [-0.25, -0.2) is 0 Å². The molecule has 0 radical (unpaired) electrons. The lowest BCUT2D eigenvalue weighted by Crippen LogP contribution is -2.47. The van der Waals surface area contributed by atoms with Crippen molar-refractivity contribution in [1.29, 1.82) is 0 Å². The highest BCUT2D eigenvalue weighted by Gasteiger charge is 2.31.